The first kappa shape index (κ1) is 8.63. The van der Waals surface area contributed by atoms with Gasteiger partial charge in [-0.3, -0.25) is 9.97 Å². The zero-order valence-corrected chi connectivity index (χ0v) is 8.08. The van der Waals surface area contributed by atoms with Gasteiger partial charge < -0.3 is 4.74 Å². The summed E-state index contributed by atoms with van der Waals surface area (Å²) < 4.78 is 5.47. The Labute approximate surface area is 78.2 Å². The molecule has 70 valence electrons. The molecule has 0 atom stereocenters. The van der Waals surface area contributed by atoms with E-state index in [4.69, 9.17) is 4.74 Å². The Morgan fingerprint density at radius 1 is 1.38 bits per heavy atom. The molecule has 2 rings (SSSR count). The summed E-state index contributed by atoms with van der Waals surface area (Å²) in [6.45, 7) is 2.10. The van der Waals surface area contributed by atoms with Crippen molar-refractivity contribution in [2.45, 2.75) is 31.8 Å². The molecule has 3 heteroatoms. The fraction of sp³-hybridized carbons (Fsp3) is 0.600. The van der Waals surface area contributed by atoms with Crippen LogP contribution in [0, 0.1) is 0 Å². The topological polar surface area (TPSA) is 35.0 Å². The normalized spacial score (nSPS) is 18.6. The van der Waals surface area contributed by atoms with E-state index < -0.39 is 0 Å². The van der Waals surface area contributed by atoms with Crippen LogP contribution in [-0.2, 0) is 16.8 Å². The van der Waals surface area contributed by atoms with Gasteiger partial charge in [0.2, 0.25) is 0 Å². The van der Waals surface area contributed by atoms with Crippen LogP contribution in [0.15, 0.2) is 12.4 Å². The lowest BCUT2D eigenvalue weighted by Crippen LogP contribution is -2.15. The Morgan fingerprint density at radius 2 is 2.08 bits per heavy atom. The summed E-state index contributed by atoms with van der Waals surface area (Å²) in [5, 5.41) is 0. The predicted octanol–water partition coefficient (Wildman–Crippen LogP) is 1.67. The molecule has 0 spiro atoms. The highest BCUT2D eigenvalue weighted by Crippen LogP contribution is 2.48. The summed E-state index contributed by atoms with van der Waals surface area (Å²) in [5.41, 5.74) is 2.02. The molecule has 0 radical (unpaired) electrons. The number of aryl methyl sites for hydroxylation is 1. The van der Waals surface area contributed by atoms with E-state index in [1.807, 2.05) is 0 Å². The molecule has 1 aromatic heterocycles. The minimum absolute atomic E-state index is 0.0976. The van der Waals surface area contributed by atoms with E-state index in [-0.39, 0.29) is 5.60 Å². The zero-order chi connectivity index (χ0) is 9.31. The first-order valence-electron chi connectivity index (χ1n) is 4.68. The SMILES string of the molecule is CCc1nccnc1C1(OC)CC1. The van der Waals surface area contributed by atoms with Crippen LogP contribution >= 0.6 is 0 Å². The first-order chi connectivity index (χ1) is 6.32. The number of methoxy groups -OCH3 is 1. The van der Waals surface area contributed by atoms with Gasteiger partial charge in [-0.05, 0) is 19.3 Å². The molecule has 0 saturated heterocycles. The molecule has 0 bridgehead atoms. The third-order valence-electron chi connectivity index (χ3n) is 2.64. The van der Waals surface area contributed by atoms with E-state index in [1.165, 1.54) is 0 Å². The third-order valence-corrected chi connectivity index (χ3v) is 2.64. The third kappa shape index (κ3) is 1.33. The highest BCUT2D eigenvalue weighted by atomic mass is 16.5. The number of nitrogens with zero attached hydrogens (tertiary/aromatic N) is 2. The molecule has 0 N–H and O–H groups in total. The van der Waals surface area contributed by atoms with Gasteiger partial charge in [0.25, 0.3) is 0 Å². The molecule has 13 heavy (non-hydrogen) atoms. The maximum absolute atomic E-state index is 5.47. The molecule has 0 unspecified atom stereocenters. The van der Waals surface area contributed by atoms with Crippen molar-refractivity contribution in [2.75, 3.05) is 7.11 Å². The molecule has 1 heterocycles. The van der Waals surface area contributed by atoms with Crippen LogP contribution in [0.3, 0.4) is 0 Å². The monoisotopic (exact) mass is 178 g/mol. The predicted molar refractivity (Wildman–Crippen MR) is 49.3 cm³/mol. The van der Waals surface area contributed by atoms with Crippen molar-refractivity contribution in [1.29, 1.82) is 0 Å². The summed E-state index contributed by atoms with van der Waals surface area (Å²) >= 11 is 0. The van der Waals surface area contributed by atoms with E-state index in [0.717, 1.165) is 30.7 Å². The minimum atomic E-state index is -0.0976. The van der Waals surface area contributed by atoms with E-state index in [2.05, 4.69) is 16.9 Å². The van der Waals surface area contributed by atoms with Crippen LogP contribution in [0.4, 0.5) is 0 Å². The second-order valence-electron chi connectivity index (χ2n) is 3.40. The van der Waals surface area contributed by atoms with Crippen molar-refractivity contribution in [3.8, 4) is 0 Å². The van der Waals surface area contributed by atoms with Crippen LogP contribution in [0.2, 0.25) is 0 Å². The number of ether oxygens (including phenoxy) is 1. The van der Waals surface area contributed by atoms with Gasteiger partial charge in [0.1, 0.15) is 5.60 Å². The van der Waals surface area contributed by atoms with Gasteiger partial charge >= 0.3 is 0 Å². The number of aromatic nitrogens is 2. The lowest BCUT2D eigenvalue weighted by molar-refractivity contribution is 0.0739. The fourth-order valence-electron chi connectivity index (χ4n) is 1.66. The highest BCUT2D eigenvalue weighted by Gasteiger charge is 2.47. The molecule has 1 aliphatic rings. The van der Waals surface area contributed by atoms with Gasteiger partial charge in [-0.15, -0.1) is 0 Å². The van der Waals surface area contributed by atoms with Crippen LogP contribution in [-0.4, -0.2) is 17.1 Å². The van der Waals surface area contributed by atoms with Crippen molar-refractivity contribution < 1.29 is 4.74 Å². The zero-order valence-electron chi connectivity index (χ0n) is 8.08. The minimum Gasteiger partial charge on any atom is -0.372 e. The van der Waals surface area contributed by atoms with Crippen molar-refractivity contribution in [3.63, 3.8) is 0 Å². The average molecular weight is 178 g/mol. The second kappa shape index (κ2) is 3.07. The summed E-state index contributed by atoms with van der Waals surface area (Å²) in [6, 6.07) is 0. The van der Waals surface area contributed by atoms with Gasteiger partial charge in [-0.25, -0.2) is 0 Å². The first-order valence-corrected chi connectivity index (χ1v) is 4.68. The lowest BCUT2D eigenvalue weighted by Gasteiger charge is -2.14. The van der Waals surface area contributed by atoms with Gasteiger partial charge in [0.05, 0.1) is 11.4 Å². The van der Waals surface area contributed by atoms with Crippen LogP contribution in [0.25, 0.3) is 0 Å². The summed E-state index contributed by atoms with van der Waals surface area (Å²) in [6.07, 6.45) is 6.57. The number of hydrogen-bond donors (Lipinski definition) is 0. The van der Waals surface area contributed by atoms with Crippen molar-refractivity contribution in [1.82, 2.24) is 9.97 Å². The Morgan fingerprint density at radius 3 is 2.62 bits per heavy atom. The number of rotatable bonds is 3. The molecule has 1 saturated carbocycles. The quantitative estimate of drug-likeness (QED) is 0.706. The maximum Gasteiger partial charge on any atom is 0.112 e. The Bertz CT molecular complexity index is 308. The number of hydrogen-bond acceptors (Lipinski definition) is 3. The van der Waals surface area contributed by atoms with Gasteiger partial charge in [-0.2, -0.15) is 0 Å². The molecule has 1 aromatic rings. The molecule has 0 aliphatic heterocycles. The molecule has 0 amide bonds. The fourth-order valence-corrected chi connectivity index (χ4v) is 1.66. The molecular weight excluding hydrogens is 164 g/mol. The van der Waals surface area contributed by atoms with E-state index in [0.29, 0.717) is 0 Å². The summed E-state index contributed by atoms with van der Waals surface area (Å²) in [5.74, 6) is 0. The van der Waals surface area contributed by atoms with Gasteiger partial charge in [0, 0.05) is 19.5 Å². The van der Waals surface area contributed by atoms with Crippen molar-refractivity contribution >= 4 is 0 Å². The standard InChI is InChI=1S/C10H14N2O/c1-3-8-9(12-7-6-11-8)10(13-2)4-5-10/h6-7H,3-5H2,1-2H3. The molecule has 1 aliphatic carbocycles. The smallest absolute Gasteiger partial charge is 0.112 e. The van der Waals surface area contributed by atoms with Gasteiger partial charge in [-0.1, -0.05) is 6.92 Å². The average Bonchev–Trinajstić information content (AvgIpc) is 2.98. The second-order valence-corrected chi connectivity index (χ2v) is 3.40. The van der Waals surface area contributed by atoms with Crippen LogP contribution in [0.5, 0.6) is 0 Å². The van der Waals surface area contributed by atoms with Crippen molar-refractivity contribution in [3.05, 3.63) is 23.8 Å². The van der Waals surface area contributed by atoms with Crippen molar-refractivity contribution in [2.24, 2.45) is 0 Å². The largest absolute Gasteiger partial charge is 0.372 e. The molecule has 0 aromatic carbocycles. The summed E-state index contributed by atoms with van der Waals surface area (Å²) in [7, 11) is 1.75. The summed E-state index contributed by atoms with van der Waals surface area (Å²) in [4.78, 5) is 8.68. The van der Waals surface area contributed by atoms with Crippen LogP contribution < -0.4 is 0 Å². The van der Waals surface area contributed by atoms with E-state index >= 15 is 0 Å². The van der Waals surface area contributed by atoms with Crippen LogP contribution in [0.1, 0.15) is 31.2 Å². The lowest BCUT2D eigenvalue weighted by atomic mass is 10.1. The van der Waals surface area contributed by atoms with Gasteiger partial charge in [0.15, 0.2) is 0 Å². The maximum atomic E-state index is 5.47. The highest BCUT2D eigenvalue weighted by molar-refractivity contribution is 5.24. The Hall–Kier alpha value is -0.960. The molecule has 3 nitrogen and oxygen atoms in total. The van der Waals surface area contributed by atoms with E-state index in [1.54, 1.807) is 19.5 Å². The molecular formula is C10H14N2O. The molecule has 1 fully saturated rings. The Balaban J connectivity index is 2.39. The Kier molecular flexibility index (Phi) is 2.04. The van der Waals surface area contributed by atoms with E-state index in [9.17, 15) is 0 Å².